The summed E-state index contributed by atoms with van der Waals surface area (Å²) in [6, 6.07) is 9.86. The van der Waals surface area contributed by atoms with Gasteiger partial charge in [-0.25, -0.2) is 9.37 Å². The van der Waals surface area contributed by atoms with Gasteiger partial charge in [-0.3, -0.25) is 4.40 Å². The molecule has 0 saturated heterocycles. The molecule has 0 N–H and O–H groups in total. The maximum absolute atomic E-state index is 13.8. The molecule has 3 nitrogen and oxygen atoms in total. The molecule has 1 saturated carbocycles. The highest BCUT2D eigenvalue weighted by Crippen LogP contribution is 2.59. The van der Waals surface area contributed by atoms with E-state index >= 15 is 0 Å². The lowest BCUT2D eigenvalue weighted by atomic mass is 9.99. The van der Waals surface area contributed by atoms with Crippen LogP contribution < -0.4 is 0 Å². The highest BCUT2D eigenvalue weighted by Gasteiger charge is 2.54. The van der Waals surface area contributed by atoms with Gasteiger partial charge in [0.25, 0.3) is 0 Å². The summed E-state index contributed by atoms with van der Waals surface area (Å²) < 4.78 is 22.6. The number of hydrogen-bond acceptors (Lipinski definition) is 2. The van der Waals surface area contributed by atoms with Crippen molar-refractivity contribution in [2.45, 2.75) is 31.5 Å². The van der Waals surface area contributed by atoms with Crippen LogP contribution in [0.2, 0.25) is 0 Å². The second-order valence-corrected chi connectivity index (χ2v) is 7.21. The number of imidazole rings is 1. The highest BCUT2D eigenvalue weighted by atomic mass is 79.9. The fourth-order valence-corrected chi connectivity index (χ4v) is 4.01. The van der Waals surface area contributed by atoms with E-state index in [1.807, 2.05) is 17.4 Å². The Kier molecular flexibility index (Phi) is 2.63. The summed E-state index contributed by atoms with van der Waals surface area (Å²) in [7, 11) is 0. The number of ether oxygens (including phenoxy) is 1. The van der Waals surface area contributed by atoms with Crippen molar-refractivity contribution in [3.63, 3.8) is 0 Å². The van der Waals surface area contributed by atoms with E-state index in [0.717, 1.165) is 24.2 Å². The van der Waals surface area contributed by atoms with Gasteiger partial charge in [0.1, 0.15) is 17.6 Å². The lowest BCUT2D eigenvalue weighted by Gasteiger charge is -2.15. The monoisotopic (exact) mass is 372 g/mol. The van der Waals surface area contributed by atoms with E-state index in [2.05, 4.69) is 39.1 Å². The van der Waals surface area contributed by atoms with Gasteiger partial charge in [0.15, 0.2) is 0 Å². The first-order valence-electron chi connectivity index (χ1n) is 7.70. The van der Waals surface area contributed by atoms with Crippen LogP contribution in [0.15, 0.2) is 41.0 Å². The molecule has 3 aromatic rings. The molecular weight excluding hydrogens is 359 g/mol. The molecule has 1 fully saturated rings. The first kappa shape index (κ1) is 13.7. The van der Waals surface area contributed by atoms with Crippen molar-refractivity contribution in [2.75, 3.05) is 0 Å². The van der Waals surface area contributed by atoms with Gasteiger partial charge in [0, 0.05) is 12.3 Å². The molecule has 23 heavy (non-hydrogen) atoms. The van der Waals surface area contributed by atoms with E-state index < -0.39 is 0 Å². The van der Waals surface area contributed by atoms with Gasteiger partial charge in [-0.1, -0.05) is 24.3 Å². The zero-order valence-electron chi connectivity index (χ0n) is 12.5. The molecule has 0 radical (unpaired) electrons. The van der Waals surface area contributed by atoms with Gasteiger partial charge in [0.05, 0.1) is 21.5 Å². The zero-order valence-corrected chi connectivity index (χ0v) is 14.1. The van der Waals surface area contributed by atoms with Crippen LogP contribution in [-0.4, -0.2) is 9.38 Å². The molecule has 1 aliphatic carbocycles. The van der Waals surface area contributed by atoms with Crippen molar-refractivity contribution in [2.24, 2.45) is 0 Å². The van der Waals surface area contributed by atoms with Gasteiger partial charge in [0.2, 0.25) is 0 Å². The molecular formula is C18H14BrFN2O. The Morgan fingerprint density at radius 3 is 2.91 bits per heavy atom. The van der Waals surface area contributed by atoms with E-state index in [-0.39, 0.29) is 17.5 Å². The van der Waals surface area contributed by atoms with E-state index in [9.17, 15) is 4.39 Å². The first-order chi connectivity index (χ1) is 11.1. The maximum Gasteiger partial charge on any atom is 0.142 e. The SMILES string of the molecule is Cc1nc2cc(F)c(Br)cn2c1C1OC2(CC2)c2ccccc21. The topological polar surface area (TPSA) is 26.5 Å². The van der Waals surface area contributed by atoms with E-state index in [0.29, 0.717) is 10.1 Å². The van der Waals surface area contributed by atoms with Crippen LogP contribution in [0, 0.1) is 12.7 Å². The molecule has 2 aliphatic rings. The average molecular weight is 373 g/mol. The number of pyridine rings is 1. The fraction of sp³-hybridized carbons (Fsp3) is 0.278. The summed E-state index contributed by atoms with van der Waals surface area (Å²) in [6.45, 7) is 1.96. The molecule has 1 aromatic carbocycles. The van der Waals surface area contributed by atoms with Crippen LogP contribution in [-0.2, 0) is 10.3 Å². The normalized spacial score (nSPS) is 21.1. The van der Waals surface area contributed by atoms with Crippen LogP contribution in [0.4, 0.5) is 4.39 Å². The summed E-state index contributed by atoms with van der Waals surface area (Å²) >= 11 is 3.27. The van der Waals surface area contributed by atoms with Crippen LogP contribution in [0.1, 0.15) is 41.5 Å². The minimum atomic E-state index is -0.305. The van der Waals surface area contributed by atoms with Crippen molar-refractivity contribution in [1.82, 2.24) is 9.38 Å². The van der Waals surface area contributed by atoms with Crippen molar-refractivity contribution in [3.8, 4) is 0 Å². The van der Waals surface area contributed by atoms with Gasteiger partial charge in [-0.05, 0) is 46.8 Å². The average Bonchev–Trinajstić information content (AvgIpc) is 3.15. The van der Waals surface area contributed by atoms with E-state index in [1.54, 1.807) is 6.20 Å². The van der Waals surface area contributed by atoms with E-state index in [1.165, 1.54) is 17.2 Å². The minimum absolute atomic E-state index is 0.116. The molecule has 5 rings (SSSR count). The lowest BCUT2D eigenvalue weighted by Crippen LogP contribution is -2.08. The van der Waals surface area contributed by atoms with Crippen LogP contribution in [0.5, 0.6) is 0 Å². The second kappa shape index (κ2) is 4.42. The zero-order chi connectivity index (χ0) is 15.8. The molecule has 1 atom stereocenters. The van der Waals surface area contributed by atoms with Crippen molar-refractivity contribution in [3.05, 3.63) is 69.3 Å². The largest absolute Gasteiger partial charge is 0.356 e. The lowest BCUT2D eigenvalue weighted by molar-refractivity contribution is 0.0104. The Morgan fingerprint density at radius 1 is 1.35 bits per heavy atom. The van der Waals surface area contributed by atoms with Gasteiger partial charge < -0.3 is 4.74 Å². The van der Waals surface area contributed by atoms with Crippen LogP contribution in [0.3, 0.4) is 0 Å². The molecule has 116 valence electrons. The number of rotatable bonds is 1. The quantitative estimate of drug-likeness (QED) is 0.621. The Bertz CT molecular complexity index is 961. The number of aromatic nitrogens is 2. The number of hydrogen-bond donors (Lipinski definition) is 0. The molecule has 2 aromatic heterocycles. The van der Waals surface area contributed by atoms with E-state index in [4.69, 9.17) is 4.74 Å². The predicted octanol–water partition coefficient (Wildman–Crippen LogP) is 4.65. The molecule has 0 amide bonds. The third-order valence-electron chi connectivity index (χ3n) is 4.92. The summed E-state index contributed by atoms with van der Waals surface area (Å²) in [5.41, 5.74) is 4.85. The van der Waals surface area contributed by atoms with Crippen molar-refractivity contribution < 1.29 is 9.13 Å². The Morgan fingerprint density at radius 2 is 2.13 bits per heavy atom. The third kappa shape index (κ3) is 1.80. The third-order valence-corrected chi connectivity index (χ3v) is 5.50. The molecule has 5 heteroatoms. The van der Waals surface area contributed by atoms with Gasteiger partial charge >= 0.3 is 0 Å². The Hall–Kier alpha value is -1.72. The number of fused-ring (bicyclic) bond motifs is 3. The molecule has 1 spiro atoms. The summed E-state index contributed by atoms with van der Waals surface area (Å²) in [5, 5.41) is 0. The smallest absolute Gasteiger partial charge is 0.142 e. The number of benzene rings is 1. The summed E-state index contributed by atoms with van der Waals surface area (Å²) in [4.78, 5) is 4.52. The summed E-state index contributed by atoms with van der Waals surface area (Å²) in [5.74, 6) is -0.305. The minimum Gasteiger partial charge on any atom is -0.356 e. The van der Waals surface area contributed by atoms with Crippen molar-refractivity contribution >= 4 is 21.6 Å². The molecule has 1 unspecified atom stereocenters. The second-order valence-electron chi connectivity index (χ2n) is 6.36. The van der Waals surface area contributed by atoms with Gasteiger partial charge in [-0.2, -0.15) is 0 Å². The highest BCUT2D eigenvalue weighted by molar-refractivity contribution is 9.10. The van der Waals surface area contributed by atoms with Crippen LogP contribution >= 0.6 is 15.9 Å². The predicted molar refractivity (Wildman–Crippen MR) is 87.9 cm³/mol. The fourth-order valence-electron chi connectivity index (χ4n) is 3.69. The number of nitrogens with zero attached hydrogens (tertiary/aromatic N) is 2. The van der Waals surface area contributed by atoms with Crippen LogP contribution in [0.25, 0.3) is 5.65 Å². The standard InChI is InChI=1S/C18H14BrFN2O/c1-10-16(22-9-13(19)14(20)8-15(22)21-10)17-11-4-2-3-5-12(11)18(23-17)6-7-18/h2-5,8-9,17H,6-7H2,1H3. The molecule has 1 aliphatic heterocycles. The molecule has 0 bridgehead atoms. The summed E-state index contributed by atoms with van der Waals surface area (Å²) in [6.07, 6.45) is 3.72. The number of halogens is 2. The maximum atomic E-state index is 13.8. The molecule has 3 heterocycles. The number of aryl methyl sites for hydroxylation is 1. The Labute approximate surface area is 141 Å². The van der Waals surface area contributed by atoms with Crippen molar-refractivity contribution in [1.29, 1.82) is 0 Å². The Balaban J connectivity index is 1.76. The first-order valence-corrected chi connectivity index (χ1v) is 8.49. The van der Waals surface area contributed by atoms with Gasteiger partial charge in [-0.15, -0.1) is 0 Å².